The Kier molecular flexibility index (Phi) is 35.0. The van der Waals surface area contributed by atoms with Gasteiger partial charge >= 0.3 is 19.8 Å². The number of unbranched alkanes of at least 4 members (excludes halogenated alkanes) is 10. The molecule has 372 valence electrons. The molecule has 0 saturated heterocycles. The largest absolute Gasteiger partial charge is 0.472 e. The molecule has 0 aromatic rings. The fourth-order valence-corrected chi connectivity index (χ4v) is 7.47. The molecule has 1 aliphatic rings. The molecule has 0 amide bonds. The molecule has 1 rings (SSSR count). The zero-order valence-corrected chi connectivity index (χ0v) is 39.6. The quantitative estimate of drug-likeness (QED) is 0.0101. The summed E-state index contributed by atoms with van der Waals surface area (Å²) in [5.74, 6) is -1.41. The zero-order chi connectivity index (χ0) is 48.1. The van der Waals surface area contributed by atoms with Crippen LogP contribution in [-0.4, -0.2) is 121 Å². The van der Waals surface area contributed by atoms with E-state index < -0.39 is 87.9 Å². The van der Waals surface area contributed by atoms with E-state index in [0.717, 1.165) is 32.1 Å². The van der Waals surface area contributed by atoms with Crippen molar-refractivity contribution in [3.8, 4) is 0 Å². The number of aliphatic hydroxyl groups excluding tert-OH is 7. The molecule has 0 heterocycles. The maximum absolute atomic E-state index is 12.8. The summed E-state index contributed by atoms with van der Waals surface area (Å²) in [5.41, 5.74) is 0. The van der Waals surface area contributed by atoms with Crippen LogP contribution in [0.2, 0.25) is 0 Å². The number of carbonyl (C=O) groups is 2. The average molecular weight is 941 g/mol. The first-order chi connectivity index (χ1) is 31.2. The minimum absolute atomic E-state index is 0.0322. The van der Waals surface area contributed by atoms with Gasteiger partial charge < -0.3 is 50.1 Å². The molecular weight excluding hydrogens is 859 g/mol. The van der Waals surface area contributed by atoms with E-state index in [-0.39, 0.29) is 25.7 Å². The summed E-state index contributed by atoms with van der Waals surface area (Å²) < 4.78 is 33.3. The molecule has 8 N–H and O–H groups in total. The van der Waals surface area contributed by atoms with Gasteiger partial charge in [0.25, 0.3) is 0 Å². The van der Waals surface area contributed by atoms with E-state index >= 15 is 0 Å². The Morgan fingerprint density at radius 1 is 0.569 bits per heavy atom. The van der Waals surface area contributed by atoms with Crippen molar-refractivity contribution in [1.82, 2.24) is 0 Å². The summed E-state index contributed by atoms with van der Waals surface area (Å²) in [6.45, 7) is 2.97. The lowest BCUT2D eigenvalue weighted by Crippen LogP contribution is -2.64. The average Bonchev–Trinajstić information content (AvgIpc) is 3.28. The third-order valence-electron chi connectivity index (χ3n) is 10.4. The van der Waals surface area contributed by atoms with Crippen molar-refractivity contribution in [3.63, 3.8) is 0 Å². The van der Waals surface area contributed by atoms with Gasteiger partial charge in [0.05, 0.1) is 18.8 Å². The lowest BCUT2D eigenvalue weighted by atomic mass is 9.85. The van der Waals surface area contributed by atoms with Crippen LogP contribution in [0, 0.1) is 0 Å². The van der Waals surface area contributed by atoms with Crippen LogP contribution in [0.3, 0.4) is 0 Å². The topological polar surface area (TPSA) is 250 Å². The molecule has 65 heavy (non-hydrogen) atoms. The molecule has 16 heteroatoms. The third-order valence-corrected chi connectivity index (χ3v) is 11.4. The van der Waals surface area contributed by atoms with E-state index in [1.165, 1.54) is 51.4 Å². The van der Waals surface area contributed by atoms with E-state index in [9.17, 15) is 54.8 Å². The van der Waals surface area contributed by atoms with E-state index in [4.69, 9.17) is 18.5 Å². The van der Waals surface area contributed by atoms with Gasteiger partial charge in [-0.05, 0) is 70.6 Å². The van der Waals surface area contributed by atoms with Crippen LogP contribution in [0.4, 0.5) is 0 Å². The van der Waals surface area contributed by atoms with Gasteiger partial charge in [-0.3, -0.25) is 18.6 Å². The second-order valence-corrected chi connectivity index (χ2v) is 17.7. The Bertz CT molecular complexity index is 1490. The Hall–Kier alpha value is -3.05. The number of rotatable bonds is 37. The van der Waals surface area contributed by atoms with Crippen LogP contribution in [-0.2, 0) is 32.7 Å². The number of hydrogen-bond donors (Lipinski definition) is 8. The molecule has 1 fully saturated rings. The first kappa shape index (κ1) is 60.0. The molecule has 0 radical (unpaired) electrons. The van der Waals surface area contributed by atoms with Gasteiger partial charge in [-0.2, -0.15) is 0 Å². The van der Waals surface area contributed by atoms with Crippen LogP contribution >= 0.6 is 7.82 Å². The highest BCUT2D eigenvalue weighted by Crippen LogP contribution is 2.47. The second kappa shape index (κ2) is 38.0. The highest BCUT2D eigenvalue weighted by atomic mass is 31.2. The number of aliphatic hydroxyl groups is 7. The molecule has 1 aliphatic carbocycles. The third kappa shape index (κ3) is 30.8. The molecule has 0 aromatic carbocycles. The van der Waals surface area contributed by atoms with Crippen LogP contribution in [0.15, 0.2) is 85.1 Å². The van der Waals surface area contributed by atoms with Crippen molar-refractivity contribution in [2.75, 3.05) is 13.2 Å². The molecule has 0 spiro atoms. The van der Waals surface area contributed by atoms with Crippen molar-refractivity contribution in [1.29, 1.82) is 0 Å². The van der Waals surface area contributed by atoms with Crippen LogP contribution in [0.25, 0.3) is 0 Å². The number of carbonyl (C=O) groups excluding carboxylic acids is 2. The predicted octanol–water partition coefficient (Wildman–Crippen LogP) is 7.22. The maximum atomic E-state index is 12.8. The molecule has 10 atom stereocenters. The summed E-state index contributed by atoms with van der Waals surface area (Å²) in [6, 6.07) is 0. The molecule has 0 aliphatic heterocycles. The molecular formula is C49H81O15P. The zero-order valence-electron chi connectivity index (χ0n) is 38.7. The van der Waals surface area contributed by atoms with Crippen LogP contribution < -0.4 is 0 Å². The van der Waals surface area contributed by atoms with E-state index in [0.29, 0.717) is 19.3 Å². The summed E-state index contributed by atoms with van der Waals surface area (Å²) in [6.07, 6.45) is 28.3. The van der Waals surface area contributed by atoms with Gasteiger partial charge in [0.15, 0.2) is 6.10 Å². The van der Waals surface area contributed by atoms with Gasteiger partial charge in [0, 0.05) is 12.8 Å². The van der Waals surface area contributed by atoms with Gasteiger partial charge in [-0.1, -0.05) is 144 Å². The van der Waals surface area contributed by atoms with Crippen molar-refractivity contribution >= 4 is 19.8 Å². The summed E-state index contributed by atoms with van der Waals surface area (Å²) in [7, 11) is -5.20. The highest BCUT2D eigenvalue weighted by Gasteiger charge is 2.51. The summed E-state index contributed by atoms with van der Waals surface area (Å²) in [4.78, 5) is 35.7. The Labute approximate surface area is 387 Å². The smallest absolute Gasteiger partial charge is 0.462 e. The monoisotopic (exact) mass is 941 g/mol. The minimum atomic E-state index is -5.20. The first-order valence-corrected chi connectivity index (χ1v) is 25.1. The number of ether oxygens (including phenoxy) is 2. The molecule has 3 unspecified atom stereocenters. The fourth-order valence-electron chi connectivity index (χ4n) is 6.50. The van der Waals surface area contributed by atoms with E-state index in [1.807, 2.05) is 18.2 Å². The highest BCUT2D eigenvalue weighted by molar-refractivity contribution is 7.47. The SMILES string of the molecule is CCCCC/C=C\C[C@@H](O)/C=C/C=C/C=C\[C@@H](O)CCCC(=O)OC[C@H](COP(=O)(O)OC1[C@H](O)[C@H](O)C(O)[C@H](O)[C@H]1O)OC(=O)CCC/C=C\C/C=C\C/C=C\CCCCCCCC. The first-order valence-electron chi connectivity index (χ1n) is 23.6. The standard InChI is InChI=1S/C49H81O15P/c1-3-5-7-9-11-12-13-14-15-16-17-18-19-20-21-23-29-35-43(53)63-41(38-62-65(59,60)64-49-47(57)45(55)44(54)46(56)48(49)58)37-61-42(52)36-30-34-40(51)33-28-25-24-27-32-39(50)31-26-22-10-8-6-4-2/h14-15,17-18,20-22,24-28,32-33,39-41,44-51,54-58H,3-13,16,19,23,29-31,34-38H2,1-2H3,(H,59,60)/b15-14-,18-17-,21-20-,25-24+,26-22-,32-27+,33-28-/t39-,40-,41-,44?,45-,46+,47-,48-,49?/m1/s1. The van der Waals surface area contributed by atoms with Gasteiger partial charge in [0.1, 0.15) is 43.2 Å². The normalized spacial score (nSPS) is 23.2. The minimum Gasteiger partial charge on any atom is -0.462 e. The van der Waals surface area contributed by atoms with Crippen molar-refractivity contribution in [2.45, 2.75) is 197 Å². The van der Waals surface area contributed by atoms with E-state index in [1.54, 1.807) is 36.5 Å². The number of allylic oxidation sites excluding steroid dienone is 11. The van der Waals surface area contributed by atoms with Crippen molar-refractivity contribution < 1.29 is 73.3 Å². The van der Waals surface area contributed by atoms with Gasteiger partial charge in [0.2, 0.25) is 0 Å². The number of phosphoric acid groups is 1. The predicted molar refractivity (Wildman–Crippen MR) is 251 cm³/mol. The van der Waals surface area contributed by atoms with Crippen molar-refractivity contribution in [2.24, 2.45) is 0 Å². The number of esters is 2. The molecule has 0 aromatic heterocycles. The molecule has 0 bridgehead atoms. The van der Waals surface area contributed by atoms with E-state index in [2.05, 4.69) is 44.2 Å². The van der Waals surface area contributed by atoms with Crippen LogP contribution in [0.1, 0.15) is 142 Å². The Morgan fingerprint density at radius 2 is 1.06 bits per heavy atom. The number of hydrogen-bond acceptors (Lipinski definition) is 14. The van der Waals surface area contributed by atoms with Crippen LogP contribution in [0.5, 0.6) is 0 Å². The van der Waals surface area contributed by atoms with Gasteiger partial charge in [-0.15, -0.1) is 0 Å². The second-order valence-electron chi connectivity index (χ2n) is 16.3. The van der Waals surface area contributed by atoms with Crippen molar-refractivity contribution in [3.05, 3.63) is 85.1 Å². The fraction of sp³-hybridized carbons (Fsp3) is 0.673. The summed E-state index contributed by atoms with van der Waals surface area (Å²) >= 11 is 0. The Balaban J connectivity index is 2.62. The lowest BCUT2D eigenvalue weighted by molar-refractivity contribution is -0.220. The lowest BCUT2D eigenvalue weighted by Gasteiger charge is -2.41. The Morgan fingerprint density at radius 3 is 1.69 bits per heavy atom. The maximum Gasteiger partial charge on any atom is 0.472 e. The molecule has 15 nitrogen and oxygen atoms in total. The van der Waals surface area contributed by atoms with Gasteiger partial charge in [-0.25, -0.2) is 4.57 Å². The number of phosphoric ester groups is 1. The summed E-state index contributed by atoms with van der Waals surface area (Å²) in [5, 5.41) is 70.5. The molecule has 1 saturated carbocycles.